The van der Waals surface area contributed by atoms with Crippen molar-refractivity contribution in [2.24, 2.45) is 0 Å². The summed E-state index contributed by atoms with van der Waals surface area (Å²) < 4.78 is 10.8. The van der Waals surface area contributed by atoms with Gasteiger partial charge in [0.25, 0.3) is 5.91 Å². The average molecular weight is 305 g/mol. The number of piperidine rings is 1. The van der Waals surface area contributed by atoms with Crippen LogP contribution in [0.15, 0.2) is 6.07 Å². The quantitative estimate of drug-likeness (QED) is 0.830. The number of pyridine rings is 1. The van der Waals surface area contributed by atoms with E-state index in [2.05, 4.69) is 10.2 Å². The van der Waals surface area contributed by atoms with Crippen LogP contribution in [0.2, 0.25) is 0 Å². The van der Waals surface area contributed by atoms with Crippen LogP contribution in [0.3, 0.4) is 0 Å². The molecule has 3 heterocycles. The van der Waals surface area contributed by atoms with Crippen LogP contribution in [-0.4, -0.2) is 50.4 Å². The van der Waals surface area contributed by atoms with Crippen LogP contribution in [0, 0.1) is 6.92 Å². The molecule has 1 amide bonds. The summed E-state index contributed by atoms with van der Waals surface area (Å²) in [6.45, 7) is 5.74. The van der Waals surface area contributed by atoms with Crippen LogP contribution in [-0.2, 0) is 16.0 Å². The highest BCUT2D eigenvalue weighted by Gasteiger charge is 2.26. The SMILES string of the molecule is COCCOC1CCN(c2nc3c(cc2C)C(=O)NC3)CC1. The first kappa shape index (κ1) is 15.2. The maximum Gasteiger partial charge on any atom is 0.253 e. The first-order valence-corrected chi connectivity index (χ1v) is 7.83. The number of aromatic nitrogens is 1. The number of aryl methyl sites for hydroxylation is 1. The van der Waals surface area contributed by atoms with Gasteiger partial charge < -0.3 is 19.7 Å². The van der Waals surface area contributed by atoms with Crippen molar-refractivity contribution in [1.82, 2.24) is 10.3 Å². The minimum Gasteiger partial charge on any atom is -0.382 e. The molecule has 0 spiro atoms. The van der Waals surface area contributed by atoms with Gasteiger partial charge in [-0.3, -0.25) is 4.79 Å². The Morgan fingerprint density at radius 1 is 1.36 bits per heavy atom. The van der Waals surface area contributed by atoms with Gasteiger partial charge in [0.1, 0.15) is 5.82 Å². The topological polar surface area (TPSA) is 63.7 Å². The lowest BCUT2D eigenvalue weighted by Crippen LogP contribution is -2.38. The second-order valence-electron chi connectivity index (χ2n) is 5.86. The maximum atomic E-state index is 11.7. The molecule has 2 aliphatic heterocycles. The van der Waals surface area contributed by atoms with E-state index in [1.165, 1.54) is 0 Å². The number of ether oxygens (including phenoxy) is 2. The fourth-order valence-electron chi connectivity index (χ4n) is 3.08. The Hall–Kier alpha value is -1.66. The highest BCUT2D eigenvalue weighted by molar-refractivity contribution is 5.98. The third-order valence-corrected chi connectivity index (χ3v) is 4.31. The number of methoxy groups -OCH3 is 1. The Kier molecular flexibility index (Phi) is 4.59. The second-order valence-corrected chi connectivity index (χ2v) is 5.86. The van der Waals surface area contributed by atoms with Gasteiger partial charge in [-0.1, -0.05) is 0 Å². The first-order valence-electron chi connectivity index (χ1n) is 7.83. The molecule has 120 valence electrons. The van der Waals surface area contributed by atoms with Gasteiger partial charge in [-0.2, -0.15) is 0 Å². The van der Waals surface area contributed by atoms with Gasteiger partial charge in [-0.25, -0.2) is 4.98 Å². The van der Waals surface area contributed by atoms with E-state index in [9.17, 15) is 4.79 Å². The molecule has 1 aromatic rings. The molecule has 3 rings (SSSR count). The predicted molar refractivity (Wildman–Crippen MR) is 83.2 cm³/mol. The molecule has 6 heteroatoms. The number of carbonyl (C=O) groups excluding carboxylic acids is 1. The molecule has 0 saturated carbocycles. The Balaban J connectivity index is 1.63. The van der Waals surface area contributed by atoms with Gasteiger partial charge in [0, 0.05) is 20.2 Å². The van der Waals surface area contributed by atoms with Crippen LogP contribution in [0.25, 0.3) is 0 Å². The van der Waals surface area contributed by atoms with Gasteiger partial charge in [0.15, 0.2) is 0 Å². The zero-order chi connectivity index (χ0) is 15.5. The second kappa shape index (κ2) is 6.62. The first-order chi connectivity index (χ1) is 10.7. The van der Waals surface area contributed by atoms with E-state index < -0.39 is 0 Å². The van der Waals surface area contributed by atoms with Crippen LogP contribution in [0.1, 0.15) is 34.5 Å². The minimum atomic E-state index is -0.0117. The molecule has 0 unspecified atom stereocenters. The third-order valence-electron chi connectivity index (χ3n) is 4.31. The Morgan fingerprint density at radius 2 is 2.14 bits per heavy atom. The van der Waals surface area contributed by atoms with Crippen LogP contribution >= 0.6 is 0 Å². The molecule has 0 aromatic carbocycles. The summed E-state index contributed by atoms with van der Waals surface area (Å²) in [4.78, 5) is 18.7. The molecular weight excluding hydrogens is 282 g/mol. The number of nitrogens with one attached hydrogen (secondary N) is 1. The van der Waals surface area contributed by atoms with E-state index in [4.69, 9.17) is 14.5 Å². The highest BCUT2D eigenvalue weighted by atomic mass is 16.5. The lowest BCUT2D eigenvalue weighted by molar-refractivity contribution is 0.00603. The standard InChI is InChI=1S/C16H23N3O3/c1-11-9-13-14(10-17-16(13)20)18-15(11)19-5-3-12(4-6-19)22-8-7-21-2/h9,12H,3-8,10H2,1-2H3,(H,17,20). The van der Waals surface area contributed by atoms with Crippen LogP contribution in [0.5, 0.6) is 0 Å². The maximum absolute atomic E-state index is 11.7. The largest absolute Gasteiger partial charge is 0.382 e. The zero-order valence-corrected chi connectivity index (χ0v) is 13.2. The lowest BCUT2D eigenvalue weighted by atomic mass is 10.1. The third kappa shape index (κ3) is 3.08. The fourth-order valence-corrected chi connectivity index (χ4v) is 3.08. The number of amides is 1. The number of nitrogens with zero attached hydrogens (tertiary/aromatic N) is 2. The lowest BCUT2D eigenvalue weighted by Gasteiger charge is -2.33. The summed E-state index contributed by atoms with van der Waals surface area (Å²) in [5.41, 5.74) is 2.65. The zero-order valence-electron chi connectivity index (χ0n) is 13.2. The van der Waals surface area contributed by atoms with Crippen molar-refractivity contribution < 1.29 is 14.3 Å². The molecule has 1 saturated heterocycles. The van der Waals surface area contributed by atoms with Gasteiger partial charge in [0.2, 0.25) is 0 Å². The van der Waals surface area contributed by atoms with Gasteiger partial charge in [-0.15, -0.1) is 0 Å². The number of anilines is 1. The summed E-state index contributed by atoms with van der Waals surface area (Å²) in [5.74, 6) is 0.994. The van der Waals surface area contributed by atoms with Crippen LogP contribution < -0.4 is 10.2 Å². The number of carbonyl (C=O) groups is 1. The van der Waals surface area contributed by atoms with Crippen molar-refractivity contribution in [3.05, 3.63) is 22.9 Å². The Morgan fingerprint density at radius 3 is 2.86 bits per heavy atom. The molecule has 0 aliphatic carbocycles. The number of rotatable bonds is 5. The minimum absolute atomic E-state index is 0.0117. The van der Waals surface area contributed by atoms with E-state index in [0.717, 1.165) is 48.6 Å². The summed E-state index contributed by atoms with van der Waals surface area (Å²) in [7, 11) is 1.69. The van der Waals surface area contributed by atoms with Crippen molar-refractivity contribution in [2.75, 3.05) is 38.3 Å². The smallest absolute Gasteiger partial charge is 0.253 e. The molecule has 0 bridgehead atoms. The molecule has 1 N–H and O–H groups in total. The van der Waals surface area contributed by atoms with E-state index >= 15 is 0 Å². The molecule has 1 aromatic heterocycles. The summed E-state index contributed by atoms with van der Waals surface area (Å²) >= 11 is 0. The van der Waals surface area contributed by atoms with Gasteiger partial charge >= 0.3 is 0 Å². The van der Waals surface area contributed by atoms with Crippen LogP contribution in [0.4, 0.5) is 5.82 Å². The fraction of sp³-hybridized carbons (Fsp3) is 0.625. The molecule has 6 nitrogen and oxygen atoms in total. The van der Waals surface area contributed by atoms with E-state index in [1.807, 2.05) is 13.0 Å². The van der Waals surface area contributed by atoms with Crippen molar-refractivity contribution in [3.63, 3.8) is 0 Å². The van der Waals surface area contributed by atoms with Crippen molar-refractivity contribution in [2.45, 2.75) is 32.4 Å². The number of hydrogen-bond donors (Lipinski definition) is 1. The molecular formula is C16H23N3O3. The summed E-state index contributed by atoms with van der Waals surface area (Å²) in [6, 6.07) is 1.96. The summed E-state index contributed by atoms with van der Waals surface area (Å²) in [5, 5.41) is 2.83. The van der Waals surface area contributed by atoms with Gasteiger partial charge in [-0.05, 0) is 31.4 Å². The number of hydrogen-bond acceptors (Lipinski definition) is 5. The molecule has 0 atom stereocenters. The van der Waals surface area contributed by atoms with E-state index in [1.54, 1.807) is 7.11 Å². The summed E-state index contributed by atoms with van der Waals surface area (Å²) in [6.07, 6.45) is 2.31. The molecule has 0 radical (unpaired) electrons. The highest BCUT2D eigenvalue weighted by Crippen LogP contribution is 2.26. The van der Waals surface area contributed by atoms with E-state index in [0.29, 0.717) is 25.9 Å². The van der Waals surface area contributed by atoms with Crippen molar-refractivity contribution in [3.8, 4) is 0 Å². The van der Waals surface area contributed by atoms with Gasteiger partial charge in [0.05, 0.1) is 37.1 Å². The Labute approximate surface area is 130 Å². The normalized spacial score (nSPS) is 18.5. The Bertz CT molecular complexity index is 554. The van der Waals surface area contributed by atoms with E-state index in [-0.39, 0.29) is 5.91 Å². The predicted octanol–water partition coefficient (Wildman–Crippen LogP) is 1.27. The average Bonchev–Trinajstić information content (AvgIpc) is 2.88. The molecule has 22 heavy (non-hydrogen) atoms. The number of fused-ring (bicyclic) bond motifs is 1. The van der Waals surface area contributed by atoms with Crippen molar-refractivity contribution in [1.29, 1.82) is 0 Å². The van der Waals surface area contributed by atoms with Crippen molar-refractivity contribution >= 4 is 11.7 Å². The monoisotopic (exact) mass is 305 g/mol. The molecule has 2 aliphatic rings. The molecule has 1 fully saturated rings.